The number of benzene rings is 1. The van der Waals surface area contributed by atoms with Gasteiger partial charge in [-0.15, -0.1) is 11.3 Å². The molecule has 2 nitrogen and oxygen atoms in total. The maximum atomic E-state index is 12.8. The molecule has 0 radical (unpaired) electrons. The monoisotopic (exact) mass is 250 g/mol. The Labute approximate surface area is 105 Å². The summed E-state index contributed by atoms with van der Waals surface area (Å²) in [5, 5.41) is 4.09. The quantitative estimate of drug-likeness (QED) is 0.825. The number of aryl methyl sites for hydroxylation is 1. The van der Waals surface area contributed by atoms with Gasteiger partial charge in [-0.2, -0.15) is 0 Å². The number of nitrogens with zero attached hydrogens (tertiary/aromatic N) is 1. The molecule has 0 bridgehead atoms. The Bertz CT molecular complexity index is 465. The number of nitrogens with one attached hydrogen (secondary N) is 1. The van der Waals surface area contributed by atoms with Crippen LogP contribution in [0.25, 0.3) is 10.6 Å². The molecule has 1 aromatic carbocycles. The predicted molar refractivity (Wildman–Crippen MR) is 69.8 cm³/mol. The summed E-state index contributed by atoms with van der Waals surface area (Å²) in [5.41, 5.74) is 0.983. The number of hydrogen-bond acceptors (Lipinski definition) is 3. The van der Waals surface area contributed by atoms with Crippen LogP contribution in [0.4, 0.5) is 4.39 Å². The molecule has 1 N–H and O–H groups in total. The van der Waals surface area contributed by atoms with Gasteiger partial charge in [0.05, 0.1) is 0 Å². The first-order valence-corrected chi connectivity index (χ1v) is 6.46. The van der Waals surface area contributed by atoms with Crippen LogP contribution in [-0.2, 0) is 6.42 Å². The predicted octanol–water partition coefficient (Wildman–Crippen LogP) is 3.10. The molecule has 0 aliphatic heterocycles. The van der Waals surface area contributed by atoms with Gasteiger partial charge in [0.1, 0.15) is 10.8 Å². The van der Waals surface area contributed by atoms with Gasteiger partial charge in [0.25, 0.3) is 0 Å². The molecule has 0 aliphatic carbocycles. The van der Waals surface area contributed by atoms with Gasteiger partial charge in [0.15, 0.2) is 0 Å². The standard InChI is InChI=1S/C13H15FN2S/c1-15-8-2-3-12-9-16-13(17-12)10-4-6-11(14)7-5-10/h4-7,9,15H,2-3,8H2,1H3. The van der Waals surface area contributed by atoms with Crippen molar-refractivity contribution in [1.82, 2.24) is 10.3 Å². The summed E-state index contributed by atoms with van der Waals surface area (Å²) in [6.07, 6.45) is 4.07. The normalized spacial score (nSPS) is 10.7. The Morgan fingerprint density at radius 2 is 2.06 bits per heavy atom. The van der Waals surface area contributed by atoms with Crippen LogP contribution >= 0.6 is 11.3 Å². The van der Waals surface area contributed by atoms with E-state index >= 15 is 0 Å². The van der Waals surface area contributed by atoms with Crippen molar-refractivity contribution in [2.75, 3.05) is 13.6 Å². The number of thiazole rings is 1. The van der Waals surface area contributed by atoms with Gasteiger partial charge in [0, 0.05) is 16.6 Å². The van der Waals surface area contributed by atoms with Gasteiger partial charge >= 0.3 is 0 Å². The molecule has 0 atom stereocenters. The van der Waals surface area contributed by atoms with Gasteiger partial charge in [0.2, 0.25) is 0 Å². The largest absolute Gasteiger partial charge is 0.320 e. The summed E-state index contributed by atoms with van der Waals surface area (Å²) < 4.78 is 12.8. The minimum absolute atomic E-state index is 0.209. The molecule has 90 valence electrons. The molecule has 0 unspecified atom stereocenters. The van der Waals surface area contributed by atoms with Crippen molar-refractivity contribution in [3.63, 3.8) is 0 Å². The second-order valence-corrected chi connectivity index (χ2v) is 4.96. The Hall–Kier alpha value is -1.26. The first kappa shape index (κ1) is 12.2. The van der Waals surface area contributed by atoms with Crippen LogP contribution in [0.2, 0.25) is 0 Å². The van der Waals surface area contributed by atoms with Gasteiger partial charge in [-0.05, 0) is 50.7 Å². The second-order valence-electron chi connectivity index (χ2n) is 3.85. The topological polar surface area (TPSA) is 24.9 Å². The van der Waals surface area contributed by atoms with Crippen molar-refractivity contribution in [2.24, 2.45) is 0 Å². The summed E-state index contributed by atoms with van der Waals surface area (Å²) in [6.45, 7) is 1.02. The Morgan fingerprint density at radius 3 is 2.76 bits per heavy atom. The van der Waals surface area contributed by atoms with Crippen LogP contribution in [-0.4, -0.2) is 18.6 Å². The molecule has 0 saturated heterocycles. The van der Waals surface area contributed by atoms with Crippen molar-refractivity contribution in [3.8, 4) is 10.6 Å². The van der Waals surface area contributed by atoms with E-state index in [0.29, 0.717) is 0 Å². The molecule has 4 heteroatoms. The third-order valence-electron chi connectivity index (χ3n) is 2.49. The fraction of sp³-hybridized carbons (Fsp3) is 0.308. The van der Waals surface area contributed by atoms with Crippen LogP contribution in [0, 0.1) is 5.82 Å². The maximum Gasteiger partial charge on any atom is 0.123 e. The highest BCUT2D eigenvalue weighted by molar-refractivity contribution is 7.15. The number of aromatic nitrogens is 1. The molecular weight excluding hydrogens is 235 g/mol. The third-order valence-corrected chi connectivity index (χ3v) is 3.60. The lowest BCUT2D eigenvalue weighted by molar-refractivity contribution is 0.628. The highest BCUT2D eigenvalue weighted by Crippen LogP contribution is 2.25. The van der Waals surface area contributed by atoms with E-state index < -0.39 is 0 Å². The molecule has 0 aliphatic rings. The molecule has 2 rings (SSSR count). The lowest BCUT2D eigenvalue weighted by Gasteiger charge is -1.96. The lowest BCUT2D eigenvalue weighted by Crippen LogP contribution is -2.07. The molecule has 17 heavy (non-hydrogen) atoms. The van der Waals surface area contributed by atoms with Crippen LogP contribution in [0.5, 0.6) is 0 Å². The first-order chi connectivity index (χ1) is 8.29. The van der Waals surface area contributed by atoms with Crippen molar-refractivity contribution >= 4 is 11.3 Å². The fourth-order valence-corrected chi connectivity index (χ4v) is 2.55. The van der Waals surface area contributed by atoms with E-state index in [-0.39, 0.29) is 5.82 Å². The van der Waals surface area contributed by atoms with Crippen molar-refractivity contribution in [1.29, 1.82) is 0 Å². The smallest absolute Gasteiger partial charge is 0.123 e. The summed E-state index contributed by atoms with van der Waals surface area (Å²) in [7, 11) is 1.95. The van der Waals surface area contributed by atoms with E-state index in [1.54, 1.807) is 23.5 Å². The van der Waals surface area contributed by atoms with Crippen molar-refractivity contribution < 1.29 is 4.39 Å². The average Bonchev–Trinajstić information content (AvgIpc) is 2.79. The lowest BCUT2D eigenvalue weighted by atomic mass is 10.2. The van der Waals surface area contributed by atoms with Gasteiger partial charge in [-0.25, -0.2) is 9.37 Å². The van der Waals surface area contributed by atoms with Gasteiger partial charge in [-0.1, -0.05) is 0 Å². The van der Waals surface area contributed by atoms with E-state index in [2.05, 4.69) is 10.3 Å². The average molecular weight is 250 g/mol. The SMILES string of the molecule is CNCCCc1cnc(-c2ccc(F)cc2)s1. The number of halogens is 1. The summed E-state index contributed by atoms with van der Waals surface area (Å²) in [4.78, 5) is 5.65. The molecule has 1 aromatic heterocycles. The van der Waals surface area contributed by atoms with Crippen LogP contribution in [0.15, 0.2) is 30.5 Å². The summed E-state index contributed by atoms with van der Waals surface area (Å²) in [6, 6.07) is 6.48. The molecular formula is C13H15FN2S. The van der Waals surface area contributed by atoms with Gasteiger partial charge < -0.3 is 5.32 Å². The zero-order valence-corrected chi connectivity index (χ0v) is 10.6. The van der Waals surface area contributed by atoms with E-state index in [1.807, 2.05) is 13.2 Å². The molecule has 0 spiro atoms. The summed E-state index contributed by atoms with van der Waals surface area (Å²) >= 11 is 1.68. The molecule has 0 fully saturated rings. The van der Waals surface area contributed by atoms with Gasteiger partial charge in [-0.3, -0.25) is 0 Å². The van der Waals surface area contributed by atoms with Crippen LogP contribution in [0.3, 0.4) is 0 Å². The molecule has 2 aromatic rings. The molecule has 1 heterocycles. The molecule has 0 amide bonds. The molecule has 0 saturated carbocycles. The third kappa shape index (κ3) is 3.35. The van der Waals surface area contributed by atoms with Crippen LogP contribution < -0.4 is 5.32 Å². The fourth-order valence-electron chi connectivity index (χ4n) is 1.59. The van der Waals surface area contributed by atoms with Crippen molar-refractivity contribution in [2.45, 2.75) is 12.8 Å². The Kier molecular flexibility index (Phi) is 4.23. The number of rotatable bonds is 5. The number of hydrogen-bond donors (Lipinski definition) is 1. The Balaban J connectivity index is 2.04. The highest BCUT2D eigenvalue weighted by Gasteiger charge is 2.04. The zero-order valence-electron chi connectivity index (χ0n) is 9.74. The highest BCUT2D eigenvalue weighted by atomic mass is 32.1. The minimum Gasteiger partial charge on any atom is -0.320 e. The second kappa shape index (κ2) is 5.89. The first-order valence-electron chi connectivity index (χ1n) is 5.65. The summed E-state index contributed by atoms with van der Waals surface area (Å²) in [5.74, 6) is -0.209. The van der Waals surface area contributed by atoms with Crippen LogP contribution in [0.1, 0.15) is 11.3 Å². The minimum atomic E-state index is -0.209. The van der Waals surface area contributed by atoms with E-state index in [0.717, 1.165) is 30.0 Å². The zero-order chi connectivity index (χ0) is 12.1. The van der Waals surface area contributed by atoms with Crippen molar-refractivity contribution in [3.05, 3.63) is 41.2 Å². The van der Waals surface area contributed by atoms with E-state index in [1.165, 1.54) is 17.0 Å². The Morgan fingerprint density at radius 1 is 1.29 bits per heavy atom. The van der Waals surface area contributed by atoms with E-state index in [4.69, 9.17) is 0 Å². The maximum absolute atomic E-state index is 12.8. The van der Waals surface area contributed by atoms with E-state index in [9.17, 15) is 4.39 Å².